The lowest BCUT2D eigenvalue weighted by molar-refractivity contribution is 0.381. The fourth-order valence-electron chi connectivity index (χ4n) is 1.79. The van der Waals surface area contributed by atoms with Crippen molar-refractivity contribution in [2.75, 3.05) is 31.9 Å². The van der Waals surface area contributed by atoms with Crippen molar-refractivity contribution in [3.05, 3.63) is 0 Å². The molecule has 1 fully saturated rings. The Bertz CT molecular complexity index is 225. The lowest BCUT2D eigenvalue weighted by Gasteiger charge is -2.38. The maximum atomic E-state index is 4.45. The summed E-state index contributed by atoms with van der Waals surface area (Å²) in [6.45, 7) is 8.82. The summed E-state index contributed by atoms with van der Waals surface area (Å²) in [5, 5.41) is 3.33. The molecule has 0 bridgehead atoms. The molecule has 1 N–H and O–H groups in total. The van der Waals surface area contributed by atoms with E-state index in [-0.39, 0.29) is 0 Å². The van der Waals surface area contributed by atoms with Crippen LogP contribution in [-0.4, -0.2) is 47.5 Å². The zero-order valence-electron chi connectivity index (χ0n) is 8.34. The van der Waals surface area contributed by atoms with E-state index in [2.05, 4.69) is 40.8 Å². The summed E-state index contributed by atoms with van der Waals surface area (Å²) >= 11 is 2.06. The number of hydrogen-bond donors (Lipinski definition) is 1. The first-order valence-electron chi connectivity index (χ1n) is 4.85. The van der Waals surface area contributed by atoms with Gasteiger partial charge in [-0.2, -0.15) is 11.8 Å². The van der Waals surface area contributed by atoms with Crippen LogP contribution in [0.2, 0.25) is 0 Å². The van der Waals surface area contributed by atoms with Crippen molar-refractivity contribution < 1.29 is 0 Å². The topological polar surface area (TPSA) is 27.6 Å². The third-order valence-electron chi connectivity index (χ3n) is 2.38. The van der Waals surface area contributed by atoms with Gasteiger partial charge in [-0.05, 0) is 13.8 Å². The van der Waals surface area contributed by atoms with E-state index < -0.39 is 0 Å². The molecule has 0 aromatic carbocycles. The second-order valence-corrected chi connectivity index (χ2v) is 5.96. The summed E-state index contributed by atoms with van der Waals surface area (Å²) < 4.78 is 0.380. The number of nitrogens with zero attached hydrogens (tertiary/aromatic N) is 2. The molecule has 1 saturated heterocycles. The van der Waals surface area contributed by atoms with Crippen LogP contribution < -0.4 is 5.32 Å². The van der Waals surface area contributed by atoms with Gasteiger partial charge >= 0.3 is 0 Å². The van der Waals surface area contributed by atoms with E-state index in [0.29, 0.717) is 4.75 Å². The summed E-state index contributed by atoms with van der Waals surface area (Å²) in [6.07, 6.45) is 0. The molecule has 0 aliphatic carbocycles. The second kappa shape index (κ2) is 3.40. The summed E-state index contributed by atoms with van der Waals surface area (Å²) in [4.78, 5) is 6.83. The first-order valence-corrected chi connectivity index (χ1v) is 5.83. The Labute approximate surface area is 84.0 Å². The molecule has 13 heavy (non-hydrogen) atoms. The monoisotopic (exact) mass is 199 g/mol. The number of guanidine groups is 1. The van der Waals surface area contributed by atoms with Gasteiger partial charge in [0.2, 0.25) is 0 Å². The normalized spacial score (nSPS) is 26.9. The Morgan fingerprint density at radius 1 is 1.54 bits per heavy atom. The average molecular weight is 199 g/mol. The van der Waals surface area contributed by atoms with Crippen molar-refractivity contribution in [3.8, 4) is 0 Å². The van der Waals surface area contributed by atoms with Crippen LogP contribution in [0.5, 0.6) is 0 Å². The number of aliphatic imine (C=N–C) groups is 1. The van der Waals surface area contributed by atoms with E-state index >= 15 is 0 Å². The highest BCUT2D eigenvalue weighted by molar-refractivity contribution is 8.00. The Hall–Kier alpha value is -0.380. The summed E-state index contributed by atoms with van der Waals surface area (Å²) in [6, 6.07) is 0. The lowest BCUT2D eigenvalue weighted by atomic mass is 10.2. The third-order valence-corrected chi connectivity index (χ3v) is 3.68. The highest BCUT2D eigenvalue weighted by Crippen LogP contribution is 2.29. The smallest absolute Gasteiger partial charge is 0.194 e. The van der Waals surface area contributed by atoms with Crippen LogP contribution in [0.1, 0.15) is 13.8 Å². The van der Waals surface area contributed by atoms with Crippen molar-refractivity contribution in [2.45, 2.75) is 18.6 Å². The number of rotatable bonds is 0. The van der Waals surface area contributed by atoms with E-state index in [1.807, 2.05) is 0 Å². The van der Waals surface area contributed by atoms with Gasteiger partial charge in [-0.3, -0.25) is 4.99 Å². The van der Waals surface area contributed by atoms with E-state index in [9.17, 15) is 0 Å². The standard InChI is InChI=1S/C9H17N3S/c1-9(2)7-12(5-6-13-9)8-10-3-4-11-8/h3-7H2,1-2H3,(H,10,11). The molecule has 0 spiro atoms. The van der Waals surface area contributed by atoms with Gasteiger partial charge < -0.3 is 10.2 Å². The fraction of sp³-hybridized carbons (Fsp3) is 0.889. The maximum absolute atomic E-state index is 4.45. The third kappa shape index (κ3) is 2.10. The first kappa shape index (κ1) is 9.19. The molecular formula is C9H17N3S. The van der Waals surface area contributed by atoms with E-state index in [1.165, 1.54) is 5.75 Å². The van der Waals surface area contributed by atoms with Crippen LogP contribution >= 0.6 is 11.8 Å². The molecule has 2 heterocycles. The van der Waals surface area contributed by atoms with Gasteiger partial charge in [-0.25, -0.2) is 0 Å². The van der Waals surface area contributed by atoms with Gasteiger partial charge in [-0.1, -0.05) is 0 Å². The lowest BCUT2D eigenvalue weighted by Crippen LogP contribution is -2.49. The molecule has 0 aromatic rings. The predicted octanol–water partition coefficient (Wildman–Crippen LogP) is 0.773. The van der Waals surface area contributed by atoms with Crippen molar-refractivity contribution in [1.82, 2.24) is 10.2 Å². The molecular weight excluding hydrogens is 182 g/mol. The van der Waals surface area contributed by atoms with Gasteiger partial charge in [0, 0.05) is 30.1 Å². The largest absolute Gasteiger partial charge is 0.354 e. The molecule has 0 aromatic heterocycles. The minimum absolute atomic E-state index is 0.380. The number of hydrogen-bond acceptors (Lipinski definition) is 4. The van der Waals surface area contributed by atoms with E-state index in [4.69, 9.17) is 0 Å². The van der Waals surface area contributed by atoms with Crippen LogP contribution in [0.25, 0.3) is 0 Å². The van der Waals surface area contributed by atoms with Crippen LogP contribution in [-0.2, 0) is 0 Å². The van der Waals surface area contributed by atoms with Gasteiger partial charge in [0.15, 0.2) is 5.96 Å². The minimum atomic E-state index is 0.380. The van der Waals surface area contributed by atoms with Crippen molar-refractivity contribution >= 4 is 17.7 Å². The highest BCUT2D eigenvalue weighted by Gasteiger charge is 2.29. The zero-order chi connectivity index (χ0) is 9.31. The predicted molar refractivity (Wildman–Crippen MR) is 58.4 cm³/mol. The fourth-order valence-corrected chi connectivity index (χ4v) is 2.91. The van der Waals surface area contributed by atoms with Crippen molar-refractivity contribution in [1.29, 1.82) is 0 Å². The van der Waals surface area contributed by atoms with Crippen LogP contribution in [0.15, 0.2) is 4.99 Å². The molecule has 0 atom stereocenters. The van der Waals surface area contributed by atoms with Crippen LogP contribution in [0.4, 0.5) is 0 Å². The molecule has 0 amide bonds. The molecule has 0 saturated carbocycles. The van der Waals surface area contributed by atoms with Gasteiger partial charge in [0.05, 0.1) is 6.54 Å². The maximum Gasteiger partial charge on any atom is 0.194 e. The number of nitrogens with one attached hydrogen (secondary N) is 1. The van der Waals surface area contributed by atoms with Crippen LogP contribution in [0.3, 0.4) is 0 Å². The SMILES string of the molecule is CC1(C)CN(C2=NCCN2)CCS1. The zero-order valence-corrected chi connectivity index (χ0v) is 9.15. The van der Waals surface area contributed by atoms with Crippen molar-refractivity contribution in [3.63, 3.8) is 0 Å². The Morgan fingerprint density at radius 3 is 3.00 bits per heavy atom. The Balaban J connectivity index is 1.99. The summed E-state index contributed by atoms with van der Waals surface area (Å²) in [7, 11) is 0. The Morgan fingerprint density at radius 2 is 2.38 bits per heavy atom. The van der Waals surface area contributed by atoms with E-state index in [1.54, 1.807) is 0 Å². The molecule has 0 unspecified atom stereocenters. The minimum Gasteiger partial charge on any atom is -0.354 e. The highest BCUT2D eigenvalue weighted by atomic mass is 32.2. The quantitative estimate of drug-likeness (QED) is 0.624. The second-order valence-electron chi connectivity index (χ2n) is 4.16. The van der Waals surface area contributed by atoms with Crippen molar-refractivity contribution in [2.24, 2.45) is 4.99 Å². The molecule has 2 aliphatic rings. The summed E-state index contributed by atoms with van der Waals surface area (Å²) in [5.74, 6) is 2.33. The van der Waals surface area contributed by atoms with Crippen LogP contribution in [0, 0.1) is 0 Å². The van der Waals surface area contributed by atoms with Gasteiger partial charge in [-0.15, -0.1) is 0 Å². The molecule has 2 aliphatic heterocycles. The summed E-state index contributed by atoms with van der Waals surface area (Å²) in [5.41, 5.74) is 0. The molecule has 2 rings (SSSR count). The molecule has 4 heteroatoms. The molecule has 3 nitrogen and oxygen atoms in total. The van der Waals surface area contributed by atoms with Gasteiger partial charge in [0.25, 0.3) is 0 Å². The molecule has 0 radical (unpaired) electrons. The Kier molecular flexibility index (Phi) is 2.41. The average Bonchev–Trinajstić information content (AvgIpc) is 2.53. The first-order chi connectivity index (χ1) is 6.17. The molecule has 74 valence electrons. The van der Waals surface area contributed by atoms with Gasteiger partial charge in [0.1, 0.15) is 0 Å². The van der Waals surface area contributed by atoms with E-state index in [0.717, 1.165) is 32.1 Å². The number of thioether (sulfide) groups is 1.